The minimum atomic E-state index is -0.263. The van der Waals surface area contributed by atoms with E-state index in [9.17, 15) is 4.79 Å². The summed E-state index contributed by atoms with van der Waals surface area (Å²) in [6.07, 6.45) is 3.13. The molecule has 7 heteroatoms. The maximum absolute atomic E-state index is 11.8. The first kappa shape index (κ1) is 17.0. The Hall–Kier alpha value is -2.41. The van der Waals surface area contributed by atoms with E-state index in [-0.39, 0.29) is 5.91 Å². The minimum Gasteiger partial charge on any atom is -0.493 e. The van der Waals surface area contributed by atoms with Crippen molar-refractivity contribution in [3.05, 3.63) is 35.3 Å². The summed E-state index contributed by atoms with van der Waals surface area (Å²) in [5.41, 5.74) is 2.39. The summed E-state index contributed by atoms with van der Waals surface area (Å²) >= 11 is 1.26. The van der Waals surface area contributed by atoms with Gasteiger partial charge in [-0.15, -0.1) is 10.2 Å². The van der Waals surface area contributed by atoms with Crippen LogP contribution in [0.25, 0.3) is 6.08 Å². The molecule has 2 rings (SSSR count). The van der Waals surface area contributed by atoms with Crippen LogP contribution < -0.4 is 14.8 Å². The number of hydrogen-bond acceptors (Lipinski definition) is 6. The van der Waals surface area contributed by atoms with Gasteiger partial charge in [0.1, 0.15) is 5.51 Å². The molecule has 0 unspecified atom stereocenters. The van der Waals surface area contributed by atoms with Gasteiger partial charge in [-0.05, 0) is 29.7 Å². The van der Waals surface area contributed by atoms with Gasteiger partial charge in [-0.1, -0.05) is 31.3 Å². The summed E-state index contributed by atoms with van der Waals surface area (Å²) in [7, 11) is 1.59. The molecular formula is C16H19N3O3S. The highest BCUT2D eigenvalue weighted by atomic mass is 32.1. The van der Waals surface area contributed by atoms with E-state index in [1.54, 1.807) is 18.7 Å². The fraction of sp³-hybridized carbons (Fsp3) is 0.312. The molecule has 6 nitrogen and oxygen atoms in total. The van der Waals surface area contributed by atoms with Gasteiger partial charge in [0.15, 0.2) is 11.5 Å². The van der Waals surface area contributed by atoms with Gasteiger partial charge in [0.2, 0.25) is 11.0 Å². The zero-order valence-electron chi connectivity index (χ0n) is 13.3. The van der Waals surface area contributed by atoms with Crippen LogP contribution in [0, 0.1) is 5.92 Å². The molecular weight excluding hydrogens is 314 g/mol. The average molecular weight is 333 g/mol. The van der Waals surface area contributed by atoms with Crippen molar-refractivity contribution >= 4 is 28.5 Å². The lowest BCUT2D eigenvalue weighted by molar-refractivity contribution is -0.111. The maximum atomic E-state index is 11.8. The quantitative estimate of drug-likeness (QED) is 0.788. The number of nitrogens with zero attached hydrogens (tertiary/aromatic N) is 2. The summed E-state index contributed by atoms with van der Waals surface area (Å²) in [6.45, 7) is 4.79. The molecule has 1 heterocycles. The molecule has 0 aliphatic carbocycles. The highest BCUT2D eigenvalue weighted by Gasteiger charge is 2.06. The summed E-state index contributed by atoms with van der Waals surface area (Å²) < 4.78 is 11.0. The number of benzene rings is 1. The Morgan fingerprint density at radius 1 is 1.39 bits per heavy atom. The third-order valence-corrected chi connectivity index (χ3v) is 3.38. The van der Waals surface area contributed by atoms with Gasteiger partial charge in [0.25, 0.3) is 0 Å². The first-order valence-electron chi connectivity index (χ1n) is 7.14. The van der Waals surface area contributed by atoms with Crippen LogP contribution in [0.4, 0.5) is 5.13 Å². The van der Waals surface area contributed by atoms with Crippen LogP contribution in [-0.2, 0) is 4.79 Å². The molecule has 0 radical (unpaired) electrons. The molecule has 0 spiro atoms. The number of nitrogens with one attached hydrogen (secondary N) is 1. The fourth-order valence-electron chi connectivity index (χ4n) is 1.71. The number of carbonyl (C=O) groups excluding carboxylic acids is 1. The second-order valence-electron chi connectivity index (χ2n) is 5.18. The zero-order chi connectivity index (χ0) is 16.7. The summed E-state index contributed by atoms with van der Waals surface area (Å²) in [4.78, 5) is 11.8. The Morgan fingerprint density at radius 2 is 2.22 bits per heavy atom. The number of ether oxygens (including phenoxy) is 2. The second kappa shape index (κ2) is 8.28. The monoisotopic (exact) mass is 333 g/mol. The van der Waals surface area contributed by atoms with Gasteiger partial charge in [-0.2, -0.15) is 0 Å². The van der Waals surface area contributed by atoms with Crippen molar-refractivity contribution in [3.63, 3.8) is 0 Å². The summed E-state index contributed by atoms with van der Waals surface area (Å²) in [6, 6.07) is 5.53. The van der Waals surface area contributed by atoms with Gasteiger partial charge in [-0.25, -0.2) is 0 Å². The second-order valence-corrected chi connectivity index (χ2v) is 6.01. The predicted molar refractivity (Wildman–Crippen MR) is 90.9 cm³/mol. The topological polar surface area (TPSA) is 73.3 Å². The Balaban J connectivity index is 2.02. The number of carbonyl (C=O) groups is 1. The fourth-order valence-corrected chi connectivity index (χ4v) is 2.16. The number of methoxy groups -OCH3 is 1. The Morgan fingerprint density at radius 3 is 2.87 bits per heavy atom. The highest BCUT2D eigenvalue weighted by Crippen LogP contribution is 2.29. The van der Waals surface area contributed by atoms with E-state index in [0.717, 1.165) is 5.56 Å². The van der Waals surface area contributed by atoms with E-state index < -0.39 is 0 Å². The van der Waals surface area contributed by atoms with Gasteiger partial charge in [0, 0.05) is 6.08 Å². The molecule has 1 aromatic carbocycles. The van der Waals surface area contributed by atoms with E-state index >= 15 is 0 Å². The van der Waals surface area contributed by atoms with Crippen LogP contribution in [0.2, 0.25) is 0 Å². The Bertz CT molecular complexity index is 669. The SMILES string of the molecule is COc1cc(/C=C/C(=O)Nc2nncs2)ccc1OCC(C)C. The molecule has 23 heavy (non-hydrogen) atoms. The normalized spacial score (nSPS) is 11.0. The van der Waals surface area contributed by atoms with Gasteiger partial charge < -0.3 is 9.47 Å². The van der Waals surface area contributed by atoms with Crippen molar-refractivity contribution in [2.45, 2.75) is 13.8 Å². The van der Waals surface area contributed by atoms with E-state index in [1.807, 2.05) is 18.2 Å². The Labute approximate surface area is 139 Å². The third-order valence-electron chi connectivity index (χ3n) is 2.78. The molecule has 0 aliphatic heterocycles. The first-order chi connectivity index (χ1) is 11.1. The lowest BCUT2D eigenvalue weighted by Gasteiger charge is -2.12. The first-order valence-corrected chi connectivity index (χ1v) is 8.02. The van der Waals surface area contributed by atoms with E-state index in [2.05, 4.69) is 29.4 Å². The van der Waals surface area contributed by atoms with Crippen molar-refractivity contribution < 1.29 is 14.3 Å². The van der Waals surface area contributed by atoms with Crippen molar-refractivity contribution in [1.29, 1.82) is 0 Å². The predicted octanol–water partition coefficient (Wildman–Crippen LogP) is 3.23. The highest BCUT2D eigenvalue weighted by molar-refractivity contribution is 7.13. The van der Waals surface area contributed by atoms with Gasteiger partial charge in [-0.3, -0.25) is 10.1 Å². The smallest absolute Gasteiger partial charge is 0.250 e. The van der Waals surface area contributed by atoms with Crippen LogP contribution in [0.5, 0.6) is 11.5 Å². The minimum absolute atomic E-state index is 0.263. The number of rotatable bonds is 7. The molecule has 0 atom stereocenters. The van der Waals surface area contributed by atoms with Gasteiger partial charge >= 0.3 is 0 Å². The van der Waals surface area contributed by atoms with Crippen LogP contribution in [0.1, 0.15) is 19.4 Å². The number of hydrogen-bond donors (Lipinski definition) is 1. The average Bonchev–Trinajstić information content (AvgIpc) is 3.04. The van der Waals surface area contributed by atoms with Crippen LogP contribution in [0.3, 0.4) is 0 Å². The van der Waals surface area contributed by atoms with E-state index in [0.29, 0.717) is 29.2 Å². The number of aromatic nitrogens is 2. The van der Waals surface area contributed by atoms with Crippen molar-refractivity contribution in [1.82, 2.24) is 10.2 Å². The third kappa shape index (κ3) is 5.37. The van der Waals surface area contributed by atoms with Crippen molar-refractivity contribution in [2.75, 3.05) is 19.0 Å². The summed E-state index contributed by atoms with van der Waals surface area (Å²) in [5.74, 6) is 1.50. The zero-order valence-corrected chi connectivity index (χ0v) is 14.1. The molecule has 0 saturated carbocycles. The number of amides is 1. The molecule has 0 fully saturated rings. The van der Waals surface area contributed by atoms with Crippen molar-refractivity contribution in [2.24, 2.45) is 5.92 Å². The number of anilines is 1. The largest absolute Gasteiger partial charge is 0.493 e. The molecule has 0 saturated heterocycles. The van der Waals surface area contributed by atoms with E-state index in [4.69, 9.17) is 9.47 Å². The lowest BCUT2D eigenvalue weighted by atomic mass is 10.2. The molecule has 0 bridgehead atoms. The van der Waals surface area contributed by atoms with Crippen LogP contribution >= 0.6 is 11.3 Å². The van der Waals surface area contributed by atoms with Crippen molar-refractivity contribution in [3.8, 4) is 11.5 Å². The molecule has 2 aromatic rings. The van der Waals surface area contributed by atoms with E-state index in [1.165, 1.54) is 17.4 Å². The molecule has 1 N–H and O–H groups in total. The molecule has 1 aromatic heterocycles. The van der Waals surface area contributed by atoms with Gasteiger partial charge in [0.05, 0.1) is 13.7 Å². The van der Waals surface area contributed by atoms with Crippen LogP contribution in [0.15, 0.2) is 29.8 Å². The molecule has 0 aliphatic rings. The lowest BCUT2D eigenvalue weighted by Crippen LogP contribution is -2.07. The summed E-state index contributed by atoms with van der Waals surface area (Å²) in [5, 5.41) is 10.5. The van der Waals surface area contributed by atoms with Crippen LogP contribution in [-0.4, -0.2) is 29.8 Å². The Kier molecular flexibility index (Phi) is 6.10. The standard InChI is InChI=1S/C16H19N3O3S/c1-11(2)9-22-13-6-4-12(8-14(13)21-3)5-7-15(20)18-16-19-17-10-23-16/h4-8,10-11H,9H2,1-3H3,(H,18,19,20)/b7-5+. The molecule has 122 valence electrons. The molecule has 1 amide bonds. The maximum Gasteiger partial charge on any atom is 0.250 e.